The fraction of sp³-hybridized carbons (Fsp3) is 0.125. The summed E-state index contributed by atoms with van der Waals surface area (Å²) in [5.41, 5.74) is 4.20. The summed E-state index contributed by atoms with van der Waals surface area (Å²) in [4.78, 5) is 2.37. The summed E-state index contributed by atoms with van der Waals surface area (Å²) in [7, 11) is 5.08. The van der Waals surface area contributed by atoms with Gasteiger partial charge in [0.1, 0.15) is 17.2 Å². The van der Waals surface area contributed by atoms with Gasteiger partial charge in [-0.05, 0) is 58.7 Å². The van der Waals surface area contributed by atoms with E-state index in [-0.39, 0.29) is 0 Å². The molecule has 0 fully saturated rings. The zero-order valence-corrected chi connectivity index (χ0v) is 21.4. The number of thioether (sulfide) groups is 1. The summed E-state index contributed by atoms with van der Waals surface area (Å²) in [6.45, 7) is 0. The molecule has 36 heavy (non-hydrogen) atoms. The Labute approximate surface area is 217 Å². The maximum Gasteiger partial charge on any atom is 0.118 e. The molecule has 1 heterocycles. The molecule has 4 aromatic rings. The highest BCUT2D eigenvalue weighted by Crippen LogP contribution is 2.51. The number of benzene rings is 4. The van der Waals surface area contributed by atoms with Gasteiger partial charge in [-0.3, -0.25) is 0 Å². The first-order valence-corrected chi connectivity index (χ1v) is 12.6. The molecule has 0 aromatic heterocycles. The van der Waals surface area contributed by atoms with Crippen LogP contribution in [0.15, 0.2) is 115 Å². The molecule has 0 saturated heterocycles. The molecule has 4 heteroatoms. The van der Waals surface area contributed by atoms with Gasteiger partial charge < -0.3 is 14.2 Å². The van der Waals surface area contributed by atoms with Gasteiger partial charge in [-0.15, -0.1) is 0 Å². The van der Waals surface area contributed by atoms with E-state index in [2.05, 4.69) is 78.9 Å². The molecule has 180 valence electrons. The van der Waals surface area contributed by atoms with Crippen LogP contribution in [-0.4, -0.2) is 21.3 Å². The molecular weight excluding hydrogens is 464 g/mol. The molecule has 0 amide bonds. The fourth-order valence-electron chi connectivity index (χ4n) is 4.51. The summed E-state index contributed by atoms with van der Waals surface area (Å²) in [5, 5.41) is 0. The summed E-state index contributed by atoms with van der Waals surface area (Å²) in [6.07, 6.45) is 4.76. The van der Waals surface area contributed by atoms with Crippen LogP contribution >= 0.6 is 11.8 Å². The molecule has 0 bridgehead atoms. The van der Waals surface area contributed by atoms with Gasteiger partial charge in [-0.2, -0.15) is 0 Å². The van der Waals surface area contributed by atoms with Crippen molar-refractivity contribution in [2.24, 2.45) is 0 Å². The molecule has 0 radical (unpaired) electrons. The minimum absolute atomic E-state index is 0.469. The van der Waals surface area contributed by atoms with E-state index < -0.39 is 5.41 Å². The molecule has 0 unspecified atom stereocenters. The number of hydrogen-bond donors (Lipinski definition) is 0. The third kappa shape index (κ3) is 4.65. The minimum Gasteiger partial charge on any atom is -0.497 e. The fourth-order valence-corrected chi connectivity index (χ4v) is 5.74. The van der Waals surface area contributed by atoms with E-state index in [9.17, 15) is 0 Å². The van der Waals surface area contributed by atoms with Gasteiger partial charge in [0.2, 0.25) is 0 Å². The van der Waals surface area contributed by atoms with E-state index in [4.69, 9.17) is 14.2 Å². The van der Waals surface area contributed by atoms with Crippen molar-refractivity contribution in [3.63, 3.8) is 0 Å². The first-order valence-electron chi connectivity index (χ1n) is 11.8. The van der Waals surface area contributed by atoms with Crippen molar-refractivity contribution in [1.29, 1.82) is 0 Å². The molecule has 0 saturated carbocycles. The lowest BCUT2D eigenvalue weighted by atomic mass is 9.73. The highest BCUT2D eigenvalue weighted by atomic mass is 32.2. The second-order valence-corrected chi connectivity index (χ2v) is 9.62. The van der Waals surface area contributed by atoms with Crippen molar-refractivity contribution >= 4 is 21.6 Å². The molecule has 0 atom stereocenters. The van der Waals surface area contributed by atoms with Gasteiger partial charge in [0.15, 0.2) is 0 Å². The number of ether oxygens (including phenoxy) is 3. The maximum atomic E-state index is 5.46. The van der Waals surface area contributed by atoms with Gasteiger partial charge in [-0.1, -0.05) is 90.6 Å². The molecule has 1 aliphatic heterocycles. The zero-order valence-electron chi connectivity index (χ0n) is 20.6. The number of hydrogen-bond acceptors (Lipinski definition) is 4. The van der Waals surface area contributed by atoms with Crippen LogP contribution in [0.1, 0.15) is 22.3 Å². The van der Waals surface area contributed by atoms with Gasteiger partial charge >= 0.3 is 0 Å². The van der Waals surface area contributed by atoms with Crippen molar-refractivity contribution in [2.75, 3.05) is 21.3 Å². The predicted octanol–water partition coefficient (Wildman–Crippen LogP) is 7.83. The number of methoxy groups -OCH3 is 3. The summed E-state index contributed by atoms with van der Waals surface area (Å²) in [5.74, 6) is 2.52. The van der Waals surface area contributed by atoms with E-state index in [1.165, 1.54) is 20.9 Å². The molecule has 0 N–H and O–H groups in total. The Morgan fingerprint density at radius 3 is 1.28 bits per heavy atom. The lowest BCUT2D eigenvalue weighted by Gasteiger charge is -2.35. The van der Waals surface area contributed by atoms with Crippen molar-refractivity contribution in [3.05, 3.63) is 138 Å². The monoisotopic (exact) mass is 492 g/mol. The van der Waals surface area contributed by atoms with Crippen molar-refractivity contribution < 1.29 is 14.2 Å². The van der Waals surface area contributed by atoms with Crippen LogP contribution in [0, 0.1) is 0 Å². The standard InChI is InChI=1S/C32H28O3S/c1-33-27-15-9-23(10-16-27)30-21-32(25-7-5-4-6-8-25,26-13-19-29(35-3)20-14-26)22-31(36-30)24-11-17-28(34-2)18-12-24/h4-22H,1-3H3. The molecule has 0 spiro atoms. The van der Waals surface area contributed by atoms with Gasteiger partial charge in [-0.25, -0.2) is 0 Å². The third-order valence-electron chi connectivity index (χ3n) is 6.51. The summed E-state index contributed by atoms with van der Waals surface area (Å²) in [6, 6.07) is 35.6. The van der Waals surface area contributed by atoms with Crippen molar-refractivity contribution in [1.82, 2.24) is 0 Å². The Balaban J connectivity index is 1.74. The van der Waals surface area contributed by atoms with E-state index in [1.807, 2.05) is 36.4 Å². The number of rotatable bonds is 7. The maximum absolute atomic E-state index is 5.46. The Morgan fingerprint density at radius 2 is 0.861 bits per heavy atom. The van der Waals surface area contributed by atoms with Crippen LogP contribution in [0.25, 0.3) is 9.81 Å². The topological polar surface area (TPSA) is 27.7 Å². The van der Waals surface area contributed by atoms with E-state index >= 15 is 0 Å². The van der Waals surface area contributed by atoms with Crippen molar-refractivity contribution in [2.45, 2.75) is 5.41 Å². The summed E-state index contributed by atoms with van der Waals surface area (Å²) >= 11 is 1.78. The van der Waals surface area contributed by atoms with Crippen LogP contribution in [0.4, 0.5) is 0 Å². The Bertz CT molecular complexity index is 1310. The molecule has 1 aliphatic rings. The van der Waals surface area contributed by atoms with Crippen molar-refractivity contribution in [3.8, 4) is 17.2 Å². The second kappa shape index (κ2) is 10.4. The Hall–Kier alpha value is -3.89. The first kappa shape index (κ1) is 23.8. The average Bonchev–Trinajstić information content (AvgIpc) is 2.97. The lowest BCUT2D eigenvalue weighted by Crippen LogP contribution is -2.25. The van der Waals surface area contributed by atoms with Crippen LogP contribution in [0.2, 0.25) is 0 Å². The molecule has 5 rings (SSSR count). The predicted molar refractivity (Wildman–Crippen MR) is 150 cm³/mol. The average molecular weight is 493 g/mol. The van der Waals surface area contributed by atoms with Crippen LogP contribution < -0.4 is 14.2 Å². The minimum atomic E-state index is -0.469. The molecule has 3 nitrogen and oxygen atoms in total. The summed E-state index contributed by atoms with van der Waals surface area (Å²) < 4.78 is 16.3. The molecule has 0 aliphatic carbocycles. The largest absolute Gasteiger partial charge is 0.497 e. The third-order valence-corrected chi connectivity index (χ3v) is 7.65. The van der Waals surface area contributed by atoms with Crippen LogP contribution in [-0.2, 0) is 5.41 Å². The molecular formula is C32H28O3S. The Kier molecular flexibility index (Phi) is 6.88. The van der Waals surface area contributed by atoms with E-state index in [0.717, 1.165) is 28.4 Å². The highest BCUT2D eigenvalue weighted by Gasteiger charge is 2.35. The quantitative estimate of drug-likeness (QED) is 0.263. The SMILES string of the molecule is COc1ccc(C2=CC(c3ccccc3)(c3ccc(OC)cc3)C=C(c3ccc(OC)cc3)S2)cc1. The van der Waals surface area contributed by atoms with Gasteiger partial charge in [0.25, 0.3) is 0 Å². The highest BCUT2D eigenvalue weighted by molar-refractivity contribution is 8.16. The van der Waals surface area contributed by atoms with Crippen LogP contribution in [0.3, 0.4) is 0 Å². The molecule has 4 aromatic carbocycles. The van der Waals surface area contributed by atoms with E-state index in [1.54, 1.807) is 33.1 Å². The van der Waals surface area contributed by atoms with E-state index in [0.29, 0.717) is 0 Å². The first-order chi connectivity index (χ1) is 17.6. The number of allylic oxidation sites excluding steroid dienone is 2. The second-order valence-electron chi connectivity index (χ2n) is 8.54. The Morgan fingerprint density at radius 1 is 0.472 bits per heavy atom. The van der Waals surface area contributed by atoms with Gasteiger partial charge in [0.05, 0.1) is 26.7 Å². The van der Waals surface area contributed by atoms with Gasteiger partial charge in [0, 0.05) is 9.81 Å². The normalized spacial score (nSPS) is 14.4. The smallest absolute Gasteiger partial charge is 0.118 e. The van der Waals surface area contributed by atoms with Crippen LogP contribution in [0.5, 0.6) is 17.2 Å². The zero-order chi connectivity index (χ0) is 25.0. The lowest BCUT2D eigenvalue weighted by molar-refractivity contribution is 0.414.